The Kier molecular flexibility index (Phi) is 5.22. The lowest BCUT2D eigenvalue weighted by molar-refractivity contribution is -0.134. The van der Waals surface area contributed by atoms with E-state index in [2.05, 4.69) is 15.9 Å². The fraction of sp³-hybridized carbons (Fsp3) is 0.500. The number of nitrogens with two attached hydrogens (primary N) is 1. The van der Waals surface area contributed by atoms with Crippen LogP contribution in [0.4, 0.5) is 0 Å². The summed E-state index contributed by atoms with van der Waals surface area (Å²) in [4.78, 5) is 13.9. The van der Waals surface area contributed by atoms with E-state index in [-0.39, 0.29) is 12.5 Å². The quantitative estimate of drug-likeness (QED) is 0.921. The monoisotopic (exact) mass is 326 g/mol. The highest BCUT2D eigenvalue weighted by molar-refractivity contribution is 9.10. The maximum atomic E-state index is 12.0. The van der Waals surface area contributed by atoms with E-state index in [1.54, 1.807) is 0 Å². The van der Waals surface area contributed by atoms with Gasteiger partial charge in [-0.3, -0.25) is 4.79 Å². The molecular weight excluding hydrogens is 308 g/mol. The molecule has 1 aromatic carbocycles. The molecule has 1 amide bonds. The van der Waals surface area contributed by atoms with Gasteiger partial charge in [-0.1, -0.05) is 15.9 Å². The number of hydrogen-bond acceptors (Lipinski definition) is 3. The van der Waals surface area contributed by atoms with Crippen molar-refractivity contribution in [2.24, 2.45) is 11.7 Å². The highest BCUT2D eigenvalue weighted by atomic mass is 79.9. The molecule has 1 aliphatic heterocycles. The summed E-state index contributed by atoms with van der Waals surface area (Å²) >= 11 is 3.36. The van der Waals surface area contributed by atoms with Gasteiger partial charge in [0.15, 0.2) is 6.61 Å². The summed E-state index contributed by atoms with van der Waals surface area (Å²) in [7, 11) is 0. The zero-order valence-corrected chi connectivity index (χ0v) is 12.4. The van der Waals surface area contributed by atoms with Gasteiger partial charge >= 0.3 is 0 Å². The van der Waals surface area contributed by atoms with Gasteiger partial charge < -0.3 is 15.4 Å². The lowest BCUT2D eigenvalue weighted by Crippen LogP contribution is -2.42. The molecule has 2 rings (SSSR count). The van der Waals surface area contributed by atoms with Crippen molar-refractivity contribution >= 4 is 21.8 Å². The molecule has 1 aromatic rings. The summed E-state index contributed by atoms with van der Waals surface area (Å²) < 4.78 is 6.49. The van der Waals surface area contributed by atoms with Crippen LogP contribution in [0.2, 0.25) is 0 Å². The highest BCUT2D eigenvalue weighted by Gasteiger charge is 2.21. The minimum atomic E-state index is 0.0541. The first-order valence-electron chi connectivity index (χ1n) is 6.55. The Hall–Kier alpha value is -1.07. The standard InChI is InChI=1S/C14H19BrN2O2/c15-12-1-3-13(4-2-12)19-10-14(18)17-7-5-11(9-16)6-8-17/h1-4,11H,5-10,16H2. The molecule has 19 heavy (non-hydrogen) atoms. The van der Waals surface area contributed by atoms with Crippen LogP contribution >= 0.6 is 15.9 Å². The molecule has 104 valence electrons. The van der Waals surface area contributed by atoms with E-state index in [1.807, 2.05) is 29.2 Å². The van der Waals surface area contributed by atoms with Crippen molar-refractivity contribution in [3.63, 3.8) is 0 Å². The number of carbonyl (C=O) groups is 1. The number of amides is 1. The minimum absolute atomic E-state index is 0.0541. The van der Waals surface area contributed by atoms with Crippen molar-refractivity contribution in [2.75, 3.05) is 26.2 Å². The molecule has 0 radical (unpaired) electrons. The molecule has 0 bridgehead atoms. The first kappa shape index (κ1) is 14.3. The van der Waals surface area contributed by atoms with Gasteiger partial charge in [0.1, 0.15) is 5.75 Å². The second kappa shape index (κ2) is 6.91. The van der Waals surface area contributed by atoms with Crippen LogP contribution in [0, 0.1) is 5.92 Å². The average molecular weight is 327 g/mol. The summed E-state index contributed by atoms with van der Waals surface area (Å²) in [5.41, 5.74) is 5.64. The van der Waals surface area contributed by atoms with Crippen LogP contribution in [-0.2, 0) is 4.79 Å². The van der Waals surface area contributed by atoms with Crippen LogP contribution in [0.15, 0.2) is 28.7 Å². The van der Waals surface area contributed by atoms with Gasteiger partial charge in [0, 0.05) is 17.6 Å². The summed E-state index contributed by atoms with van der Waals surface area (Å²) in [5.74, 6) is 1.34. The van der Waals surface area contributed by atoms with E-state index in [0.717, 1.165) is 36.9 Å². The zero-order valence-electron chi connectivity index (χ0n) is 10.8. The molecule has 0 aliphatic carbocycles. The predicted molar refractivity (Wildman–Crippen MR) is 78.0 cm³/mol. The third kappa shape index (κ3) is 4.21. The van der Waals surface area contributed by atoms with Gasteiger partial charge in [0.25, 0.3) is 5.91 Å². The number of rotatable bonds is 4. The molecule has 4 nitrogen and oxygen atoms in total. The van der Waals surface area contributed by atoms with E-state index in [9.17, 15) is 4.79 Å². The predicted octanol–water partition coefficient (Wildman–Crippen LogP) is 2.03. The molecule has 5 heteroatoms. The minimum Gasteiger partial charge on any atom is -0.484 e. The maximum absolute atomic E-state index is 12.0. The molecule has 0 atom stereocenters. The largest absolute Gasteiger partial charge is 0.484 e. The number of ether oxygens (including phenoxy) is 1. The average Bonchev–Trinajstić information content (AvgIpc) is 2.46. The van der Waals surface area contributed by atoms with E-state index in [0.29, 0.717) is 11.7 Å². The van der Waals surface area contributed by atoms with Gasteiger partial charge in [-0.05, 0) is 49.6 Å². The van der Waals surface area contributed by atoms with Crippen molar-refractivity contribution in [2.45, 2.75) is 12.8 Å². The van der Waals surface area contributed by atoms with Gasteiger partial charge in [-0.25, -0.2) is 0 Å². The van der Waals surface area contributed by atoms with Crippen molar-refractivity contribution in [1.29, 1.82) is 0 Å². The molecule has 0 spiro atoms. The summed E-state index contributed by atoms with van der Waals surface area (Å²) in [6.45, 7) is 2.42. The van der Waals surface area contributed by atoms with Crippen molar-refractivity contribution in [3.8, 4) is 5.75 Å². The van der Waals surface area contributed by atoms with E-state index >= 15 is 0 Å². The fourth-order valence-corrected chi connectivity index (χ4v) is 2.45. The number of benzene rings is 1. The SMILES string of the molecule is NCC1CCN(C(=O)COc2ccc(Br)cc2)CC1. The van der Waals surface area contributed by atoms with Crippen LogP contribution in [0.3, 0.4) is 0 Å². The third-order valence-corrected chi connectivity index (χ3v) is 4.01. The van der Waals surface area contributed by atoms with Gasteiger partial charge in [-0.2, -0.15) is 0 Å². The summed E-state index contributed by atoms with van der Waals surface area (Å²) in [5, 5.41) is 0. The number of likely N-dealkylation sites (tertiary alicyclic amines) is 1. The Morgan fingerprint density at radius 3 is 2.53 bits per heavy atom. The lowest BCUT2D eigenvalue weighted by Gasteiger charge is -2.31. The number of nitrogens with zero attached hydrogens (tertiary/aromatic N) is 1. The molecular formula is C14H19BrN2O2. The smallest absolute Gasteiger partial charge is 0.260 e. The van der Waals surface area contributed by atoms with Crippen LogP contribution in [-0.4, -0.2) is 37.0 Å². The molecule has 1 aliphatic rings. The van der Waals surface area contributed by atoms with Crippen molar-refractivity contribution in [3.05, 3.63) is 28.7 Å². The van der Waals surface area contributed by atoms with Crippen LogP contribution in [0.1, 0.15) is 12.8 Å². The zero-order chi connectivity index (χ0) is 13.7. The molecule has 1 fully saturated rings. The normalized spacial score (nSPS) is 16.4. The Bertz CT molecular complexity index is 414. The van der Waals surface area contributed by atoms with Crippen LogP contribution < -0.4 is 10.5 Å². The van der Waals surface area contributed by atoms with Gasteiger partial charge in [0.05, 0.1) is 0 Å². The Balaban J connectivity index is 1.77. The van der Waals surface area contributed by atoms with E-state index in [1.165, 1.54) is 0 Å². The summed E-state index contributed by atoms with van der Waals surface area (Å²) in [6.07, 6.45) is 2.00. The molecule has 0 unspecified atom stereocenters. The number of hydrogen-bond donors (Lipinski definition) is 1. The summed E-state index contributed by atoms with van der Waals surface area (Å²) in [6, 6.07) is 7.48. The Labute approximate surface area is 122 Å². The second-order valence-corrected chi connectivity index (χ2v) is 5.72. The molecule has 1 saturated heterocycles. The van der Waals surface area contributed by atoms with Gasteiger partial charge in [0.2, 0.25) is 0 Å². The van der Waals surface area contributed by atoms with E-state index < -0.39 is 0 Å². The number of halogens is 1. The maximum Gasteiger partial charge on any atom is 0.260 e. The number of carbonyl (C=O) groups excluding carboxylic acids is 1. The van der Waals surface area contributed by atoms with Crippen molar-refractivity contribution < 1.29 is 9.53 Å². The first-order chi connectivity index (χ1) is 9.19. The Morgan fingerprint density at radius 1 is 1.32 bits per heavy atom. The van der Waals surface area contributed by atoms with Crippen LogP contribution in [0.25, 0.3) is 0 Å². The molecule has 0 aromatic heterocycles. The molecule has 1 heterocycles. The topological polar surface area (TPSA) is 55.6 Å². The number of piperidine rings is 1. The third-order valence-electron chi connectivity index (χ3n) is 3.48. The Morgan fingerprint density at radius 2 is 1.95 bits per heavy atom. The lowest BCUT2D eigenvalue weighted by atomic mass is 9.97. The van der Waals surface area contributed by atoms with Crippen LogP contribution in [0.5, 0.6) is 5.75 Å². The second-order valence-electron chi connectivity index (χ2n) is 4.80. The van der Waals surface area contributed by atoms with E-state index in [4.69, 9.17) is 10.5 Å². The first-order valence-corrected chi connectivity index (χ1v) is 7.34. The van der Waals surface area contributed by atoms with Gasteiger partial charge in [-0.15, -0.1) is 0 Å². The molecule has 2 N–H and O–H groups in total. The van der Waals surface area contributed by atoms with Crippen molar-refractivity contribution in [1.82, 2.24) is 4.90 Å². The molecule has 0 saturated carbocycles. The highest BCUT2D eigenvalue weighted by Crippen LogP contribution is 2.18. The fourth-order valence-electron chi connectivity index (χ4n) is 2.19.